The average Bonchev–Trinajstić information content (AvgIpc) is 2.70. The van der Waals surface area contributed by atoms with E-state index in [2.05, 4.69) is 32.3 Å². The maximum atomic E-state index is 13.5. The summed E-state index contributed by atoms with van der Waals surface area (Å²) in [6.07, 6.45) is 15.7. The van der Waals surface area contributed by atoms with Gasteiger partial charge in [-0.15, -0.1) is 6.58 Å². The lowest BCUT2D eigenvalue weighted by molar-refractivity contribution is -0.133. The van der Waals surface area contributed by atoms with Gasteiger partial charge in [0.15, 0.2) is 5.12 Å². The van der Waals surface area contributed by atoms with E-state index >= 15 is 0 Å². The Bertz CT molecular complexity index is 608. The third-order valence-corrected chi connectivity index (χ3v) is 6.69. The summed E-state index contributed by atoms with van der Waals surface area (Å²) < 4.78 is 0. The molecule has 1 N–H and O–H groups in total. The van der Waals surface area contributed by atoms with Crippen LogP contribution in [0.1, 0.15) is 78.6 Å². The number of rotatable bonds is 11. The van der Waals surface area contributed by atoms with Crippen molar-refractivity contribution in [1.29, 1.82) is 0 Å². The molecule has 1 saturated carbocycles. The second-order valence-corrected chi connectivity index (χ2v) is 8.73. The number of carbonyl (C=O) groups excluding carboxylic acids is 2. The van der Waals surface area contributed by atoms with Crippen molar-refractivity contribution < 1.29 is 9.59 Å². The minimum absolute atomic E-state index is 0.00874. The fourth-order valence-electron chi connectivity index (χ4n) is 3.98. The molecule has 3 nitrogen and oxygen atoms in total. The highest BCUT2D eigenvalue weighted by atomic mass is 32.2. The van der Waals surface area contributed by atoms with Crippen LogP contribution in [0.25, 0.3) is 0 Å². The van der Waals surface area contributed by atoms with Crippen molar-refractivity contribution in [2.75, 3.05) is 0 Å². The molecule has 1 amide bonds. The van der Waals surface area contributed by atoms with Gasteiger partial charge in [0.05, 0.1) is 5.70 Å². The number of hydrogen-bond donors (Lipinski definition) is 1. The summed E-state index contributed by atoms with van der Waals surface area (Å²) in [6.45, 7) is 13.8. The maximum Gasteiger partial charge on any atom is 0.230 e. The predicted octanol–water partition coefficient (Wildman–Crippen LogP) is 6.69. The second-order valence-electron chi connectivity index (χ2n) is 7.63. The first-order valence-corrected chi connectivity index (χ1v) is 11.4. The van der Waals surface area contributed by atoms with Crippen LogP contribution in [-0.4, -0.2) is 11.0 Å². The minimum Gasteiger partial charge on any atom is -0.325 e. The van der Waals surface area contributed by atoms with Gasteiger partial charge >= 0.3 is 0 Å². The fourth-order valence-corrected chi connectivity index (χ4v) is 4.74. The van der Waals surface area contributed by atoms with E-state index in [1.165, 1.54) is 6.42 Å². The summed E-state index contributed by atoms with van der Waals surface area (Å²) >= 11 is 1.11. The Hall–Kier alpha value is -1.55. The molecule has 0 heterocycles. The molecule has 0 aromatic heterocycles. The molecule has 0 spiro atoms. The standard InChI is InChI=1S/C24H37NO2S/c1-6-14-20(21(10-5)28-22(26)15-7-2)25-23(27)24(16-12-11-13-17-24)18-19(8-3)9-4/h6-7,10,14,19H,2,5,8-9,11-13,15-18H2,1,3-4H3,(H,25,27)/b14-6-,21-20-. The summed E-state index contributed by atoms with van der Waals surface area (Å²) in [6, 6.07) is 0. The molecule has 0 aromatic carbocycles. The summed E-state index contributed by atoms with van der Waals surface area (Å²) in [7, 11) is 0. The highest BCUT2D eigenvalue weighted by Gasteiger charge is 2.40. The molecule has 0 radical (unpaired) electrons. The topological polar surface area (TPSA) is 46.2 Å². The molecule has 0 aromatic rings. The first-order chi connectivity index (χ1) is 13.5. The molecule has 1 aliphatic rings. The summed E-state index contributed by atoms with van der Waals surface area (Å²) in [5.74, 6) is 0.670. The molecule has 0 bridgehead atoms. The molecule has 4 heteroatoms. The van der Waals surface area contributed by atoms with Gasteiger partial charge in [-0.05, 0) is 49.9 Å². The highest BCUT2D eigenvalue weighted by Crippen LogP contribution is 2.43. The molecule has 0 atom stereocenters. The van der Waals surface area contributed by atoms with Gasteiger partial charge in [-0.25, -0.2) is 0 Å². The van der Waals surface area contributed by atoms with Crippen molar-refractivity contribution in [2.24, 2.45) is 11.3 Å². The van der Waals surface area contributed by atoms with E-state index in [1.54, 1.807) is 12.2 Å². The fraction of sp³-hybridized carbons (Fsp3) is 0.583. The Balaban J connectivity index is 3.14. The van der Waals surface area contributed by atoms with Crippen molar-refractivity contribution in [3.8, 4) is 0 Å². The van der Waals surface area contributed by atoms with Gasteiger partial charge in [-0.1, -0.05) is 70.8 Å². The number of thioether (sulfide) groups is 1. The number of hydrogen-bond acceptors (Lipinski definition) is 3. The number of amides is 1. The molecule has 1 rings (SSSR count). The highest BCUT2D eigenvalue weighted by molar-refractivity contribution is 8.17. The van der Waals surface area contributed by atoms with Gasteiger partial charge in [0.2, 0.25) is 5.91 Å². The van der Waals surface area contributed by atoms with E-state index in [0.29, 0.717) is 16.5 Å². The van der Waals surface area contributed by atoms with Crippen molar-refractivity contribution in [3.63, 3.8) is 0 Å². The normalized spacial score (nSPS) is 17.3. The molecular weight excluding hydrogens is 366 g/mol. The van der Waals surface area contributed by atoms with Crippen LogP contribution in [0.4, 0.5) is 0 Å². The van der Waals surface area contributed by atoms with E-state index in [4.69, 9.17) is 0 Å². The first-order valence-electron chi connectivity index (χ1n) is 10.6. The van der Waals surface area contributed by atoms with Crippen molar-refractivity contribution in [1.82, 2.24) is 5.32 Å². The smallest absolute Gasteiger partial charge is 0.230 e. The zero-order chi connectivity index (χ0) is 21.0. The first kappa shape index (κ1) is 24.5. The molecule has 28 heavy (non-hydrogen) atoms. The van der Waals surface area contributed by atoms with Gasteiger partial charge in [0, 0.05) is 16.7 Å². The van der Waals surface area contributed by atoms with E-state index < -0.39 is 0 Å². The van der Waals surface area contributed by atoms with E-state index in [9.17, 15) is 9.59 Å². The van der Waals surface area contributed by atoms with Crippen molar-refractivity contribution in [2.45, 2.75) is 78.6 Å². The zero-order valence-corrected chi connectivity index (χ0v) is 18.7. The molecule has 156 valence electrons. The quantitative estimate of drug-likeness (QED) is 0.309. The van der Waals surface area contributed by atoms with Crippen LogP contribution in [-0.2, 0) is 9.59 Å². The monoisotopic (exact) mass is 403 g/mol. The number of nitrogens with one attached hydrogen (secondary N) is 1. The Kier molecular flexibility index (Phi) is 11.2. The van der Waals surface area contributed by atoms with Crippen LogP contribution in [0.5, 0.6) is 0 Å². The lowest BCUT2D eigenvalue weighted by atomic mass is 9.67. The lowest BCUT2D eigenvalue weighted by Gasteiger charge is -2.38. The summed E-state index contributed by atoms with van der Waals surface area (Å²) in [5, 5.41) is 3.16. The molecular formula is C24H37NO2S. The molecule has 1 fully saturated rings. The van der Waals surface area contributed by atoms with Crippen LogP contribution in [0.15, 0.2) is 48.1 Å². The van der Waals surface area contributed by atoms with Gasteiger partial charge in [0.1, 0.15) is 0 Å². The minimum atomic E-state index is -0.302. The Morgan fingerprint density at radius 2 is 1.79 bits per heavy atom. The Morgan fingerprint density at radius 1 is 1.14 bits per heavy atom. The molecule has 1 aliphatic carbocycles. The maximum absolute atomic E-state index is 13.5. The van der Waals surface area contributed by atoms with E-state index in [0.717, 1.165) is 56.7 Å². The van der Waals surface area contributed by atoms with Crippen LogP contribution in [0.3, 0.4) is 0 Å². The Labute approximate surface area is 175 Å². The van der Waals surface area contributed by atoms with Gasteiger partial charge in [-0.2, -0.15) is 0 Å². The van der Waals surface area contributed by atoms with Crippen molar-refractivity contribution >= 4 is 22.8 Å². The molecule has 0 saturated heterocycles. The summed E-state index contributed by atoms with van der Waals surface area (Å²) in [5.41, 5.74) is 0.364. The van der Waals surface area contributed by atoms with E-state index in [1.807, 2.05) is 19.1 Å². The summed E-state index contributed by atoms with van der Waals surface area (Å²) in [4.78, 5) is 26.2. The molecule has 0 aliphatic heterocycles. The second kappa shape index (κ2) is 12.8. The van der Waals surface area contributed by atoms with Gasteiger partial charge < -0.3 is 5.32 Å². The predicted molar refractivity (Wildman–Crippen MR) is 122 cm³/mol. The van der Waals surface area contributed by atoms with Gasteiger partial charge in [-0.3, -0.25) is 9.59 Å². The van der Waals surface area contributed by atoms with Crippen LogP contribution in [0.2, 0.25) is 0 Å². The third kappa shape index (κ3) is 7.12. The number of carbonyl (C=O) groups is 2. The third-order valence-electron chi connectivity index (χ3n) is 5.69. The Morgan fingerprint density at radius 3 is 2.29 bits per heavy atom. The average molecular weight is 404 g/mol. The van der Waals surface area contributed by atoms with Crippen molar-refractivity contribution in [3.05, 3.63) is 48.1 Å². The zero-order valence-electron chi connectivity index (χ0n) is 17.9. The largest absolute Gasteiger partial charge is 0.325 e. The van der Waals surface area contributed by atoms with Crippen LogP contribution < -0.4 is 5.32 Å². The van der Waals surface area contributed by atoms with Crippen LogP contribution >= 0.6 is 11.8 Å². The van der Waals surface area contributed by atoms with Crippen LogP contribution in [0, 0.1) is 11.3 Å². The SMILES string of the molecule is C=CCC(=O)S/C(C=C)=C(/C=C\C)NC(=O)C1(CC(CC)CC)CCCCC1. The lowest BCUT2D eigenvalue weighted by Crippen LogP contribution is -2.43. The van der Waals surface area contributed by atoms with E-state index in [-0.39, 0.29) is 22.9 Å². The number of allylic oxidation sites excluding steroid dienone is 4. The molecule has 0 unspecified atom stereocenters. The van der Waals surface area contributed by atoms with Gasteiger partial charge in [0.25, 0.3) is 0 Å².